The molecular formula is C11H7FN2O. The van der Waals surface area contributed by atoms with Crippen molar-refractivity contribution in [2.24, 2.45) is 5.92 Å². The summed E-state index contributed by atoms with van der Waals surface area (Å²) in [4.78, 5) is 11.5. The lowest BCUT2D eigenvalue weighted by atomic mass is 9.98. The number of aryl methyl sites for hydroxylation is 1. The van der Waals surface area contributed by atoms with Gasteiger partial charge in [-0.15, -0.1) is 0 Å². The summed E-state index contributed by atoms with van der Waals surface area (Å²) in [6, 6.07) is 7.33. The second-order valence-electron chi connectivity index (χ2n) is 2.99. The number of hydrogen-bond acceptors (Lipinski definition) is 3. The van der Waals surface area contributed by atoms with E-state index >= 15 is 0 Å². The molecule has 74 valence electrons. The summed E-state index contributed by atoms with van der Waals surface area (Å²) in [6.07, 6.45) is 0. The van der Waals surface area contributed by atoms with Crippen molar-refractivity contribution in [3.63, 3.8) is 0 Å². The normalized spacial score (nSPS) is 9.40. The summed E-state index contributed by atoms with van der Waals surface area (Å²) < 4.78 is 13.4. The van der Waals surface area contributed by atoms with E-state index in [-0.39, 0.29) is 5.56 Å². The largest absolute Gasteiger partial charge is 0.291 e. The molecule has 0 unspecified atom stereocenters. The first-order valence-electron chi connectivity index (χ1n) is 4.20. The van der Waals surface area contributed by atoms with Gasteiger partial charge < -0.3 is 0 Å². The van der Waals surface area contributed by atoms with Crippen LogP contribution in [0.25, 0.3) is 0 Å². The fourth-order valence-electron chi connectivity index (χ4n) is 1.14. The van der Waals surface area contributed by atoms with Gasteiger partial charge in [-0.1, -0.05) is 12.1 Å². The van der Waals surface area contributed by atoms with Crippen LogP contribution in [0.5, 0.6) is 0 Å². The molecule has 0 saturated carbocycles. The Morgan fingerprint density at radius 3 is 2.53 bits per heavy atom. The van der Waals surface area contributed by atoms with Gasteiger partial charge in [0, 0.05) is 0 Å². The second kappa shape index (κ2) is 4.34. The molecule has 0 N–H and O–H groups in total. The van der Waals surface area contributed by atoms with Crippen LogP contribution >= 0.6 is 0 Å². The van der Waals surface area contributed by atoms with Crippen LogP contribution in [0.1, 0.15) is 15.9 Å². The van der Waals surface area contributed by atoms with E-state index < -0.39 is 17.5 Å². The Morgan fingerprint density at radius 2 is 2.00 bits per heavy atom. The van der Waals surface area contributed by atoms with Crippen molar-refractivity contribution in [2.75, 3.05) is 0 Å². The molecule has 4 heteroatoms. The Labute approximate surface area is 86.4 Å². The Hall–Kier alpha value is -2.20. The van der Waals surface area contributed by atoms with E-state index in [4.69, 9.17) is 10.5 Å². The number of nitriles is 2. The number of benzene rings is 1. The van der Waals surface area contributed by atoms with Gasteiger partial charge in [-0.2, -0.15) is 10.5 Å². The molecule has 1 rings (SSSR count). The number of carbonyl (C=O) groups is 1. The number of carbonyl (C=O) groups excluding carboxylic acids is 1. The fraction of sp³-hybridized carbons (Fsp3) is 0.182. The average molecular weight is 202 g/mol. The molecule has 1 aromatic rings. The SMILES string of the molecule is Cc1cccc(C(=O)C(C#N)C#N)c1F. The van der Waals surface area contributed by atoms with Crippen molar-refractivity contribution < 1.29 is 9.18 Å². The zero-order valence-electron chi connectivity index (χ0n) is 7.99. The maximum atomic E-state index is 13.4. The van der Waals surface area contributed by atoms with Crippen molar-refractivity contribution in [3.8, 4) is 12.1 Å². The third kappa shape index (κ3) is 2.00. The highest BCUT2D eigenvalue weighted by Gasteiger charge is 2.22. The molecule has 0 radical (unpaired) electrons. The Kier molecular flexibility index (Phi) is 3.15. The summed E-state index contributed by atoms with van der Waals surface area (Å²) in [7, 11) is 0. The molecule has 0 aliphatic heterocycles. The van der Waals surface area contributed by atoms with Gasteiger partial charge in [0.25, 0.3) is 0 Å². The maximum absolute atomic E-state index is 13.4. The molecule has 0 aromatic heterocycles. The molecule has 0 atom stereocenters. The number of nitrogens with zero attached hydrogens (tertiary/aromatic N) is 2. The van der Waals surface area contributed by atoms with Gasteiger partial charge in [0.1, 0.15) is 5.82 Å². The molecule has 15 heavy (non-hydrogen) atoms. The van der Waals surface area contributed by atoms with Crippen molar-refractivity contribution >= 4 is 5.78 Å². The lowest BCUT2D eigenvalue weighted by Gasteiger charge is -2.03. The first-order chi connectivity index (χ1) is 7.11. The van der Waals surface area contributed by atoms with Gasteiger partial charge in [-0.3, -0.25) is 4.79 Å². The summed E-state index contributed by atoms with van der Waals surface area (Å²) in [5.74, 6) is -2.90. The third-order valence-corrected chi connectivity index (χ3v) is 1.98. The summed E-state index contributed by atoms with van der Waals surface area (Å²) in [5, 5.41) is 17.0. The van der Waals surface area contributed by atoms with Crippen LogP contribution in [0.15, 0.2) is 18.2 Å². The molecule has 0 amide bonds. The van der Waals surface area contributed by atoms with E-state index in [1.165, 1.54) is 37.3 Å². The first-order valence-corrected chi connectivity index (χ1v) is 4.20. The van der Waals surface area contributed by atoms with Crippen molar-refractivity contribution in [1.82, 2.24) is 0 Å². The van der Waals surface area contributed by atoms with Crippen LogP contribution in [-0.4, -0.2) is 5.78 Å². The highest BCUT2D eigenvalue weighted by molar-refractivity contribution is 6.01. The number of Topliss-reactive ketones (excluding diaryl/α,β-unsaturated/α-hetero) is 1. The van der Waals surface area contributed by atoms with E-state index in [2.05, 4.69) is 0 Å². The monoisotopic (exact) mass is 202 g/mol. The fourth-order valence-corrected chi connectivity index (χ4v) is 1.14. The molecule has 0 aliphatic carbocycles. The molecule has 1 aromatic carbocycles. The number of hydrogen-bond donors (Lipinski definition) is 0. The summed E-state index contributed by atoms with van der Waals surface area (Å²) >= 11 is 0. The Bertz CT molecular complexity index is 468. The number of halogens is 1. The summed E-state index contributed by atoms with van der Waals surface area (Å²) in [5.41, 5.74) is 0.110. The molecule has 0 bridgehead atoms. The minimum atomic E-state index is -1.44. The summed E-state index contributed by atoms with van der Waals surface area (Å²) in [6.45, 7) is 1.51. The molecule has 0 heterocycles. The van der Waals surface area contributed by atoms with Gasteiger partial charge >= 0.3 is 0 Å². The zero-order valence-corrected chi connectivity index (χ0v) is 7.99. The predicted molar refractivity (Wildman–Crippen MR) is 50.2 cm³/mol. The average Bonchev–Trinajstić information content (AvgIpc) is 2.23. The first kappa shape index (κ1) is 10.9. The third-order valence-electron chi connectivity index (χ3n) is 1.98. The van der Waals surface area contributed by atoms with Crippen LogP contribution in [0, 0.1) is 41.3 Å². The van der Waals surface area contributed by atoms with E-state index in [1.54, 1.807) is 0 Å². The van der Waals surface area contributed by atoms with Gasteiger partial charge in [0.15, 0.2) is 11.7 Å². The molecule has 0 aliphatic rings. The van der Waals surface area contributed by atoms with Crippen LogP contribution in [-0.2, 0) is 0 Å². The van der Waals surface area contributed by atoms with Gasteiger partial charge in [0.2, 0.25) is 0 Å². The van der Waals surface area contributed by atoms with E-state index in [9.17, 15) is 9.18 Å². The van der Waals surface area contributed by atoms with Crippen molar-refractivity contribution in [1.29, 1.82) is 10.5 Å². The maximum Gasteiger partial charge on any atom is 0.197 e. The molecule has 3 nitrogen and oxygen atoms in total. The highest BCUT2D eigenvalue weighted by atomic mass is 19.1. The van der Waals surface area contributed by atoms with Crippen LogP contribution in [0.2, 0.25) is 0 Å². The predicted octanol–water partition coefficient (Wildman–Crippen LogP) is 1.98. The van der Waals surface area contributed by atoms with Crippen molar-refractivity contribution in [2.45, 2.75) is 6.92 Å². The van der Waals surface area contributed by atoms with E-state index in [1.807, 2.05) is 0 Å². The second-order valence-corrected chi connectivity index (χ2v) is 2.99. The molecular weight excluding hydrogens is 195 g/mol. The van der Waals surface area contributed by atoms with Gasteiger partial charge in [0.05, 0.1) is 17.7 Å². The standard InChI is InChI=1S/C11H7FN2O/c1-7-3-2-4-9(10(7)12)11(15)8(5-13)6-14/h2-4,8H,1H3. The highest BCUT2D eigenvalue weighted by Crippen LogP contribution is 2.15. The molecule has 0 spiro atoms. The lowest BCUT2D eigenvalue weighted by molar-refractivity contribution is 0.0966. The molecule has 0 fully saturated rings. The Balaban J connectivity index is 3.20. The lowest BCUT2D eigenvalue weighted by Crippen LogP contribution is -2.13. The Morgan fingerprint density at radius 1 is 1.40 bits per heavy atom. The zero-order chi connectivity index (χ0) is 11.4. The topological polar surface area (TPSA) is 64.7 Å². The van der Waals surface area contributed by atoms with Crippen LogP contribution in [0.3, 0.4) is 0 Å². The smallest absolute Gasteiger partial charge is 0.197 e. The minimum absolute atomic E-state index is 0.205. The quantitative estimate of drug-likeness (QED) is 0.688. The van der Waals surface area contributed by atoms with E-state index in [0.29, 0.717) is 5.56 Å². The van der Waals surface area contributed by atoms with E-state index in [0.717, 1.165) is 0 Å². The van der Waals surface area contributed by atoms with Crippen LogP contribution < -0.4 is 0 Å². The van der Waals surface area contributed by atoms with Crippen molar-refractivity contribution in [3.05, 3.63) is 35.1 Å². The number of ketones is 1. The van der Waals surface area contributed by atoms with Crippen LogP contribution in [0.4, 0.5) is 4.39 Å². The van der Waals surface area contributed by atoms with Gasteiger partial charge in [-0.25, -0.2) is 4.39 Å². The minimum Gasteiger partial charge on any atom is -0.291 e. The molecule has 0 saturated heterocycles. The number of rotatable bonds is 2. The van der Waals surface area contributed by atoms with Gasteiger partial charge in [-0.05, 0) is 18.6 Å².